The smallest absolute Gasteiger partial charge is 0.235 e. The van der Waals surface area contributed by atoms with Crippen LogP contribution in [0.3, 0.4) is 0 Å². The second-order valence-electron chi connectivity index (χ2n) is 3.44. The third-order valence-corrected chi connectivity index (χ3v) is 1.90. The number of nitrogens with zero attached hydrogens (tertiary/aromatic N) is 2. The minimum atomic E-state index is -0.663. The lowest BCUT2D eigenvalue weighted by atomic mass is 10.1. The molecule has 78 valence electrons. The van der Waals surface area contributed by atoms with E-state index in [0.717, 1.165) is 0 Å². The van der Waals surface area contributed by atoms with Gasteiger partial charge in [0.2, 0.25) is 11.8 Å². The molecular weight excluding hydrogens is 206 g/mol. The summed E-state index contributed by atoms with van der Waals surface area (Å²) in [4.78, 5) is 15.1. The van der Waals surface area contributed by atoms with Gasteiger partial charge in [0.05, 0.1) is 5.54 Å². The van der Waals surface area contributed by atoms with Gasteiger partial charge in [-0.15, -0.1) is 11.6 Å². The topological polar surface area (TPSA) is 68.0 Å². The fourth-order valence-electron chi connectivity index (χ4n) is 0.991. The van der Waals surface area contributed by atoms with Crippen molar-refractivity contribution in [2.45, 2.75) is 26.3 Å². The molecule has 1 amide bonds. The average molecular weight is 218 g/mol. The maximum absolute atomic E-state index is 11.1. The number of rotatable bonds is 3. The number of aryl methyl sites for hydroxylation is 1. The van der Waals surface area contributed by atoms with Crippen LogP contribution in [0.2, 0.25) is 0 Å². The Morgan fingerprint density at radius 1 is 1.64 bits per heavy atom. The lowest BCUT2D eigenvalue weighted by Gasteiger charge is -2.21. The summed E-state index contributed by atoms with van der Waals surface area (Å²) < 4.78 is 4.82. The first kappa shape index (κ1) is 11.0. The fraction of sp³-hybridized carbons (Fsp3) is 0.625. The van der Waals surface area contributed by atoms with E-state index in [9.17, 15) is 4.79 Å². The van der Waals surface area contributed by atoms with E-state index in [1.807, 2.05) is 0 Å². The Labute approximate surface area is 86.8 Å². The van der Waals surface area contributed by atoms with Gasteiger partial charge in [-0.05, 0) is 13.8 Å². The lowest BCUT2D eigenvalue weighted by molar-refractivity contribution is -0.120. The van der Waals surface area contributed by atoms with Crippen LogP contribution in [0.15, 0.2) is 4.52 Å². The van der Waals surface area contributed by atoms with E-state index >= 15 is 0 Å². The van der Waals surface area contributed by atoms with Gasteiger partial charge in [0.15, 0.2) is 5.82 Å². The van der Waals surface area contributed by atoms with Crippen molar-refractivity contribution in [2.24, 2.45) is 0 Å². The highest BCUT2D eigenvalue weighted by Crippen LogP contribution is 2.16. The number of hydrogen-bond donors (Lipinski definition) is 1. The van der Waals surface area contributed by atoms with Gasteiger partial charge in [0, 0.05) is 6.92 Å². The van der Waals surface area contributed by atoms with Crippen molar-refractivity contribution in [3.63, 3.8) is 0 Å². The maximum atomic E-state index is 11.1. The molecule has 0 bridgehead atoms. The maximum Gasteiger partial charge on any atom is 0.235 e. The quantitative estimate of drug-likeness (QED) is 0.766. The molecule has 0 atom stereocenters. The molecule has 0 radical (unpaired) electrons. The minimum absolute atomic E-state index is 0.0831. The van der Waals surface area contributed by atoms with Crippen LogP contribution >= 0.6 is 11.6 Å². The van der Waals surface area contributed by atoms with Crippen molar-refractivity contribution in [1.82, 2.24) is 15.5 Å². The van der Waals surface area contributed by atoms with Gasteiger partial charge in [-0.3, -0.25) is 4.79 Å². The van der Waals surface area contributed by atoms with Crippen LogP contribution in [0.5, 0.6) is 0 Å². The van der Waals surface area contributed by atoms with Crippen molar-refractivity contribution in [2.75, 3.05) is 5.88 Å². The number of nitrogens with one attached hydrogen (secondary N) is 1. The molecule has 0 aromatic carbocycles. The third-order valence-electron chi connectivity index (χ3n) is 1.66. The van der Waals surface area contributed by atoms with Gasteiger partial charge < -0.3 is 9.84 Å². The molecule has 0 aliphatic rings. The first-order valence-electron chi connectivity index (χ1n) is 4.13. The molecule has 0 saturated heterocycles. The van der Waals surface area contributed by atoms with Crippen LogP contribution in [0.1, 0.15) is 25.6 Å². The van der Waals surface area contributed by atoms with Gasteiger partial charge in [-0.1, -0.05) is 5.16 Å². The molecule has 5 nitrogen and oxygen atoms in total. The molecule has 0 aliphatic heterocycles. The highest BCUT2D eigenvalue weighted by molar-refractivity contribution is 6.27. The van der Waals surface area contributed by atoms with Gasteiger partial charge in [-0.25, -0.2) is 0 Å². The zero-order chi connectivity index (χ0) is 10.8. The predicted molar refractivity (Wildman–Crippen MR) is 50.9 cm³/mol. The Morgan fingerprint density at radius 3 is 2.71 bits per heavy atom. The lowest BCUT2D eigenvalue weighted by Crippen LogP contribution is -2.42. The molecule has 1 aromatic heterocycles. The number of carbonyl (C=O) groups is 1. The van der Waals surface area contributed by atoms with Gasteiger partial charge in [0.25, 0.3) is 0 Å². The summed E-state index contributed by atoms with van der Waals surface area (Å²) in [6.07, 6.45) is 0. The molecule has 0 spiro atoms. The van der Waals surface area contributed by atoms with E-state index in [4.69, 9.17) is 16.1 Å². The number of halogens is 1. The van der Waals surface area contributed by atoms with Crippen molar-refractivity contribution in [3.05, 3.63) is 11.7 Å². The van der Waals surface area contributed by atoms with Gasteiger partial charge in [-0.2, -0.15) is 4.98 Å². The standard InChI is InChI=1S/C8H12ClN3O2/c1-5-10-7(12-14-5)8(2,3)11-6(13)4-9/h4H2,1-3H3,(H,11,13). The van der Waals surface area contributed by atoms with E-state index < -0.39 is 5.54 Å². The first-order valence-corrected chi connectivity index (χ1v) is 4.67. The van der Waals surface area contributed by atoms with Crippen molar-refractivity contribution < 1.29 is 9.32 Å². The normalized spacial score (nSPS) is 11.4. The largest absolute Gasteiger partial charge is 0.343 e. The van der Waals surface area contributed by atoms with Crippen molar-refractivity contribution >= 4 is 17.5 Å². The van der Waals surface area contributed by atoms with Gasteiger partial charge in [0.1, 0.15) is 5.88 Å². The summed E-state index contributed by atoms with van der Waals surface area (Å²) in [7, 11) is 0. The summed E-state index contributed by atoms with van der Waals surface area (Å²) in [5.41, 5.74) is -0.663. The molecule has 1 rings (SSSR count). The molecule has 0 aliphatic carbocycles. The third kappa shape index (κ3) is 2.45. The average Bonchev–Trinajstić information content (AvgIpc) is 2.51. The second kappa shape index (κ2) is 3.96. The Balaban J connectivity index is 2.79. The number of aromatic nitrogens is 2. The summed E-state index contributed by atoms with van der Waals surface area (Å²) in [5, 5.41) is 6.41. The van der Waals surface area contributed by atoms with Gasteiger partial charge >= 0.3 is 0 Å². The van der Waals surface area contributed by atoms with E-state index in [2.05, 4.69) is 15.5 Å². The number of hydrogen-bond acceptors (Lipinski definition) is 4. The molecule has 1 N–H and O–H groups in total. The summed E-state index contributed by atoms with van der Waals surface area (Å²) in [6.45, 7) is 5.25. The van der Waals surface area contributed by atoms with Crippen molar-refractivity contribution in [3.8, 4) is 0 Å². The molecule has 1 heterocycles. The second-order valence-corrected chi connectivity index (χ2v) is 3.71. The molecule has 0 fully saturated rings. The van der Waals surface area contributed by atoms with Crippen LogP contribution < -0.4 is 5.32 Å². The Bertz CT molecular complexity index is 335. The summed E-state index contributed by atoms with van der Waals surface area (Å²) >= 11 is 5.37. The summed E-state index contributed by atoms with van der Waals surface area (Å²) in [6, 6.07) is 0. The highest BCUT2D eigenvalue weighted by atomic mass is 35.5. The molecule has 14 heavy (non-hydrogen) atoms. The Hall–Kier alpha value is -1.10. The van der Waals surface area contributed by atoms with Crippen LogP contribution in [0.25, 0.3) is 0 Å². The molecule has 6 heteroatoms. The van der Waals surface area contributed by atoms with Crippen LogP contribution in [0.4, 0.5) is 0 Å². The highest BCUT2D eigenvalue weighted by Gasteiger charge is 2.27. The number of carbonyl (C=O) groups excluding carboxylic acids is 1. The monoisotopic (exact) mass is 217 g/mol. The Morgan fingerprint density at radius 2 is 2.29 bits per heavy atom. The predicted octanol–water partition coefficient (Wildman–Crippen LogP) is 0.968. The SMILES string of the molecule is Cc1nc(C(C)(C)NC(=O)CCl)no1. The first-order chi connectivity index (χ1) is 6.45. The number of amides is 1. The molecule has 1 aromatic rings. The minimum Gasteiger partial charge on any atom is -0.343 e. The number of alkyl halides is 1. The van der Waals surface area contributed by atoms with E-state index in [1.54, 1.807) is 20.8 Å². The zero-order valence-electron chi connectivity index (χ0n) is 8.30. The Kier molecular flexibility index (Phi) is 3.10. The van der Waals surface area contributed by atoms with E-state index in [1.165, 1.54) is 0 Å². The fourth-order valence-corrected chi connectivity index (χ4v) is 1.06. The molecule has 0 unspecified atom stereocenters. The van der Waals surface area contributed by atoms with Crippen molar-refractivity contribution in [1.29, 1.82) is 0 Å². The molecule has 0 saturated carbocycles. The van der Waals surface area contributed by atoms with E-state index in [-0.39, 0.29) is 11.8 Å². The van der Waals surface area contributed by atoms with Crippen LogP contribution in [0, 0.1) is 6.92 Å². The van der Waals surface area contributed by atoms with Crippen LogP contribution in [-0.4, -0.2) is 21.9 Å². The summed E-state index contributed by atoms with van der Waals surface area (Å²) in [5.74, 6) is 0.557. The van der Waals surface area contributed by atoms with E-state index in [0.29, 0.717) is 11.7 Å². The van der Waals surface area contributed by atoms with Crippen LogP contribution in [-0.2, 0) is 10.3 Å². The molecular formula is C8H12ClN3O2. The zero-order valence-corrected chi connectivity index (χ0v) is 9.05.